The number of benzene rings is 1. The minimum Gasteiger partial charge on any atom is -0.508 e. The van der Waals surface area contributed by atoms with Crippen molar-refractivity contribution in [3.8, 4) is 11.5 Å². The van der Waals surface area contributed by atoms with Gasteiger partial charge in [0, 0.05) is 38.3 Å². The molecule has 138 valence electrons. The molecule has 8 heteroatoms. The molecule has 1 heterocycles. The molecule has 1 saturated heterocycles. The number of guanidine groups is 1. The molecule has 5 N–H and O–H groups in total. The summed E-state index contributed by atoms with van der Waals surface area (Å²) in [6, 6.07) is 5.40. The fourth-order valence-corrected chi connectivity index (χ4v) is 2.85. The van der Waals surface area contributed by atoms with Crippen LogP contribution in [-0.2, 0) is 11.3 Å². The SMILES string of the molecule is CN=C(NCc1cc(OC)ccc1O)NC1CCN(CC(N)=O)CC1. The highest BCUT2D eigenvalue weighted by Crippen LogP contribution is 2.22. The molecule has 1 aromatic rings. The minimum atomic E-state index is -0.290. The monoisotopic (exact) mass is 349 g/mol. The number of methoxy groups -OCH3 is 1. The molecule has 0 unspecified atom stereocenters. The third kappa shape index (κ3) is 5.82. The number of nitrogens with two attached hydrogens (primary N) is 1. The molecule has 2 rings (SSSR count). The Balaban J connectivity index is 1.83. The van der Waals surface area contributed by atoms with Crippen LogP contribution >= 0.6 is 0 Å². The van der Waals surface area contributed by atoms with Crippen LogP contribution in [0.4, 0.5) is 0 Å². The van der Waals surface area contributed by atoms with Gasteiger partial charge in [0.2, 0.25) is 5.91 Å². The Bertz CT molecular complexity index is 612. The number of amides is 1. The Kier molecular flexibility index (Phi) is 6.88. The van der Waals surface area contributed by atoms with Gasteiger partial charge in [-0.1, -0.05) is 0 Å². The van der Waals surface area contributed by atoms with E-state index < -0.39 is 0 Å². The third-order valence-corrected chi connectivity index (χ3v) is 4.26. The van der Waals surface area contributed by atoms with Crippen LogP contribution in [0.5, 0.6) is 11.5 Å². The number of carbonyl (C=O) groups is 1. The third-order valence-electron chi connectivity index (χ3n) is 4.26. The van der Waals surface area contributed by atoms with Gasteiger partial charge in [0.25, 0.3) is 0 Å². The molecular weight excluding hydrogens is 322 g/mol. The first kappa shape index (κ1) is 18.9. The summed E-state index contributed by atoms with van der Waals surface area (Å²) in [6.45, 7) is 2.40. The fraction of sp³-hybridized carbons (Fsp3) is 0.529. The number of phenols is 1. The van der Waals surface area contributed by atoms with E-state index in [4.69, 9.17) is 10.5 Å². The average Bonchev–Trinajstić information content (AvgIpc) is 2.60. The van der Waals surface area contributed by atoms with Crippen LogP contribution in [0.25, 0.3) is 0 Å². The predicted molar refractivity (Wildman–Crippen MR) is 96.6 cm³/mol. The summed E-state index contributed by atoms with van der Waals surface area (Å²) in [6.07, 6.45) is 1.83. The number of likely N-dealkylation sites (tertiary alicyclic amines) is 1. The lowest BCUT2D eigenvalue weighted by Gasteiger charge is -2.32. The normalized spacial score (nSPS) is 16.5. The van der Waals surface area contributed by atoms with E-state index in [-0.39, 0.29) is 17.7 Å². The topological polar surface area (TPSA) is 112 Å². The summed E-state index contributed by atoms with van der Waals surface area (Å²) >= 11 is 0. The van der Waals surface area contributed by atoms with Gasteiger partial charge < -0.3 is 26.2 Å². The van der Waals surface area contributed by atoms with Gasteiger partial charge in [-0.2, -0.15) is 0 Å². The lowest BCUT2D eigenvalue weighted by Crippen LogP contribution is -2.49. The molecule has 0 saturated carbocycles. The van der Waals surface area contributed by atoms with Gasteiger partial charge in [0.15, 0.2) is 5.96 Å². The Labute approximate surface area is 148 Å². The summed E-state index contributed by atoms with van der Waals surface area (Å²) in [5, 5.41) is 16.5. The van der Waals surface area contributed by atoms with E-state index in [2.05, 4.69) is 20.5 Å². The van der Waals surface area contributed by atoms with E-state index in [1.807, 2.05) is 0 Å². The van der Waals surface area contributed by atoms with Crippen LogP contribution in [0.15, 0.2) is 23.2 Å². The van der Waals surface area contributed by atoms with Crippen molar-refractivity contribution in [2.45, 2.75) is 25.4 Å². The molecule has 8 nitrogen and oxygen atoms in total. The minimum absolute atomic E-state index is 0.212. The van der Waals surface area contributed by atoms with Crippen LogP contribution in [0.3, 0.4) is 0 Å². The molecule has 0 aliphatic carbocycles. The Morgan fingerprint density at radius 2 is 2.16 bits per heavy atom. The van der Waals surface area contributed by atoms with Crippen LogP contribution in [-0.4, -0.2) is 61.7 Å². The van der Waals surface area contributed by atoms with Crippen molar-refractivity contribution in [3.63, 3.8) is 0 Å². The summed E-state index contributed by atoms with van der Waals surface area (Å²) in [7, 11) is 3.30. The van der Waals surface area contributed by atoms with Gasteiger partial charge in [-0.3, -0.25) is 14.7 Å². The second-order valence-corrected chi connectivity index (χ2v) is 6.08. The van der Waals surface area contributed by atoms with Gasteiger partial charge in [-0.15, -0.1) is 0 Å². The standard InChI is InChI=1S/C17H27N5O3/c1-19-17(20-10-12-9-14(25-2)3-4-15(12)23)21-13-5-7-22(8-6-13)11-16(18)24/h3-4,9,13,23H,5-8,10-11H2,1-2H3,(H2,18,24)(H2,19,20,21). The first-order valence-electron chi connectivity index (χ1n) is 8.35. The highest BCUT2D eigenvalue weighted by atomic mass is 16.5. The lowest BCUT2D eigenvalue weighted by molar-refractivity contribution is -0.119. The first-order valence-corrected chi connectivity index (χ1v) is 8.35. The van der Waals surface area contributed by atoms with Gasteiger partial charge in [0.05, 0.1) is 13.7 Å². The molecule has 1 aromatic carbocycles. The Morgan fingerprint density at radius 1 is 1.44 bits per heavy atom. The zero-order valence-electron chi connectivity index (χ0n) is 14.8. The van der Waals surface area contributed by atoms with Crippen molar-refractivity contribution in [1.29, 1.82) is 0 Å². The Hall–Kier alpha value is -2.48. The lowest BCUT2D eigenvalue weighted by atomic mass is 10.1. The number of hydrogen-bond donors (Lipinski definition) is 4. The van der Waals surface area contributed by atoms with E-state index in [1.165, 1.54) is 0 Å². The number of aromatic hydroxyl groups is 1. The summed E-state index contributed by atoms with van der Waals surface area (Å²) in [5.41, 5.74) is 5.97. The zero-order chi connectivity index (χ0) is 18.2. The number of rotatable bonds is 6. The highest BCUT2D eigenvalue weighted by Gasteiger charge is 2.20. The van der Waals surface area contributed by atoms with E-state index in [0.717, 1.165) is 31.5 Å². The number of piperidine rings is 1. The van der Waals surface area contributed by atoms with Crippen molar-refractivity contribution in [2.75, 3.05) is 33.8 Å². The zero-order valence-corrected chi connectivity index (χ0v) is 14.8. The van der Waals surface area contributed by atoms with E-state index >= 15 is 0 Å². The van der Waals surface area contributed by atoms with Crippen LogP contribution in [0.1, 0.15) is 18.4 Å². The molecule has 1 amide bonds. The van der Waals surface area contributed by atoms with E-state index in [1.54, 1.807) is 32.4 Å². The molecule has 1 aliphatic heterocycles. The number of aliphatic imine (C=N–C) groups is 1. The molecule has 1 aliphatic rings. The largest absolute Gasteiger partial charge is 0.508 e. The number of carbonyl (C=O) groups excluding carboxylic acids is 1. The number of primary amides is 1. The second-order valence-electron chi connectivity index (χ2n) is 6.08. The van der Waals surface area contributed by atoms with Crippen molar-refractivity contribution in [1.82, 2.24) is 15.5 Å². The molecule has 0 aromatic heterocycles. The summed E-state index contributed by atoms with van der Waals surface area (Å²) in [4.78, 5) is 17.3. The van der Waals surface area contributed by atoms with E-state index in [0.29, 0.717) is 24.8 Å². The molecule has 0 atom stereocenters. The van der Waals surface area contributed by atoms with Gasteiger partial charge in [-0.05, 0) is 31.0 Å². The smallest absolute Gasteiger partial charge is 0.231 e. The van der Waals surface area contributed by atoms with Crippen molar-refractivity contribution in [2.24, 2.45) is 10.7 Å². The molecule has 1 fully saturated rings. The molecule has 0 spiro atoms. The van der Waals surface area contributed by atoms with Gasteiger partial charge in [-0.25, -0.2) is 0 Å². The Morgan fingerprint density at radius 3 is 2.76 bits per heavy atom. The van der Waals surface area contributed by atoms with Crippen molar-refractivity contribution < 1.29 is 14.6 Å². The maximum absolute atomic E-state index is 11.0. The number of ether oxygens (including phenoxy) is 1. The number of hydrogen-bond acceptors (Lipinski definition) is 5. The summed E-state index contributed by atoms with van der Waals surface area (Å²) < 4.78 is 5.18. The quantitative estimate of drug-likeness (QED) is 0.425. The van der Waals surface area contributed by atoms with Crippen LogP contribution in [0.2, 0.25) is 0 Å². The molecular formula is C17H27N5O3. The second kappa shape index (κ2) is 9.12. The maximum Gasteiger partial charge on any atom is 0.231 e. The number of nitrogens with zero attached hydrogens (tertiary/aromatic N) is 2. The van der Waals surface area contributed by atoms with Crippen LogP contribution in [0, 0.1) is 0 Å². The fourth-order valence-electron chi connectivity index (χ4n) is 2.85. The van der Waals surface area contributed by atoms with Gasteiger partial charge >= 0.3 is 0 Å². The highest BCUT2D eigenvalue weighted by molar-refractivity contribution is 5.80. The van der Waals surface area contributed by atoms with Crippen molar-refractivity contribution in [3.05, 3.63) is 23.8 Å². The average molecular weight is 349 g/mol. The summed E-state index contributed by atoms with van der Waals surface area (Å²) in [5.74, 6) is 1.29. The molecule has 0 radical (unpaired) electrons. The predicted octanol–water partition coefficient (Wildman–Crippen LogP) is 0.0155. The first-order chi connectivity index (χ1) is 12.0. The molecule has 25 heavy (non-hydrogen) atoms. The van der Waals surface area contributed by atoms with E-state index in [9.17, 15) is 9.90 Å². The van der Waals surface area contributed by atoms with Gasteiger partial charge in [0.1, 0.15) is 11.5 Å². The van der Waals surface area contributed by atoms with Crippen molar-refractivity contribution >= 4 is 11.9 Å². The molecule has 0 bridgehead atoms. The maximum atomic E-state index is 11.0. The number of phenolic OH excluding ortho intramolecular Hbond substituents is 1. The van der Waals surface area contributed by atoms with Crippen LogP contribution < -0.4 is 21.1 Å². The number of nitrogens with one attached hydrogen (secondary N) is 2.